The van der Waals surface area contributed by atoms with Crippen molar-refractivity contribution in [3.63, 3.8) is 0 Å². The first kappa shape index (κ1) is 18.7. The summed E-state index contributed by atoms with van der Waals surface area (Å²) in [6, 6.07) is 3.26. The largest absolute Gasteiger partial charge is 0.417 e. The molecule has 148 valence electrons. The van der Waals surface area contributed by atoms with Gasteiger partial charge in [0.15, 0.2) is 0 Å². The molecule has 1 aromatic rings. The molecule has 3 aliphatic heterocycles. The number of aromatic nitrogens is 1. The Morgan fingerprint density at radius 2 is 1.96 bits per heavy atom. The van der Waals surface area contributed by atoms with Crippen LogP contribution in [0.25, 0.3) is 0 Å². The lowest BCUT2D eigenvalue weighted by molar-refractivity contribution is -0.142. The molecule has 3 fully saturated rings. The van der Waals surface area contributed by atoms with Crippen LogP contribution in [0.1, 0.15) is 44.4 Å². The van der Waals surface area contributed by atoms with Gasteiger partial charge in [-0.05, 0) is 42.7 Å². The summed E-state index contributed by atoms with van der Waals surface area (Å²) in [6.45, 7) is 6.71. The van der Waals surface area contributed by atoms with Crippen LogP contribution in [0, 0.1) is 17.8 Å². The number of rotatable bonds is 3. The molecule has 0 bridgehead atoms. The van der Waals surface area contributed by atoms with E-state index in [1.54, 1.807) is 0 Å². The second-order valence-electron chi connectivity index (χ2n) is 8.63. The van der Waals surface area contributed by atoms with E-state index in [0.717, 1.165) is 38.2 Å². The minimum absolute atomic E-state index is 0.301. The maximum Gasteiger partial charge on any atom is 0.417 e. The predicted molar refractivity (Wildman–Crippen MR) is 94.6 cm³/mol. The van der Waals surface area contributed by atoms with E-state index < -0.39 is 11.7 Å². The maximum atomic E-state index is 12.7. The highest BCUT2D eigenvalue weighted by atomic mass is 19.4. The first-order valence-electron chi connectivity index (χ1n) is 9.79. The lowest BCUT2D eigenvalue weighted by Crippen LogP contribution is -2.57. The van der Waals surface area contributed by atoms with E-state index in [0.29, 0.717) is 54.4 Å². The number of nitrogens with zero attached hydrogens (tertiary/aromatic N) is 3. The van der Waals surface area contributed by atoms with Crippen molar-refractivity contribution in [1.82, 2.24) is 14.8 Å². The van der Waals surface area contributed by atoms with Gasteiger partial charge in [-0.25, -0.2) is 0 Å². The fourth-order valence-corrected chi connectivity index (χ4v) is 5.34. The fourth-order valence-electron chi connectivity index (χ4n) is 5.34. The molecule has 1 unspecified atom stereocenters. The number of piperidine rings is 2. The van der Waals surface area contributed by atoms with Crippen molar-refractivity contribution in [3.05, 3.63) is 29.6 Å². The normalized spacial score (nSPS) is 31.5. The Hall–Kier alpha value is -1.63. The zero-order valence-electron chi connectivity index (χ0n) is 15.7. The van der Waals surface area contributed by atoms with Crippen molar-refractivity contribution in [2.24, 2.45) is 17.8 Å². The molecule has 3 saturated heterocycles. The average molecular weight is 381 g/mol. The van der Waals surface area contributed by atoms with Gasteiger partial charge in [-0.2, -0.15) is 13.2 Å². The molecule has 0 aromatic carbocycles. The van der Waals surface area contributed by atoms with Crippen molar-refractivity contribution in [2.45, 2.75) is 57.9 Å². The van der Waals surface area contributed by atoms with E-state index in [2.05, 4.69) is 28.6 Å². The smallest absolute Gasteiger partial charge is 0.336 e. The molecule has 3 aliphatic rings. The molecule has 0 radical (unpaired) electrons. The zero-order chi connectivity index (χ0) is 19.3. The number of pyridine rings is 1. The van der Waals surface area contributed by atoms with Gasteiger partial charge in [-0.15, -0.1) is 0 Å². The van der Waals surface area contributed by atoms with Crippen LogP contribution in [0.4, 0.5) is 13.2 Å². The van der Waals surface area contributed by atoms with Gasteiger partial charge in [-0.1, -0.05) is 13.8 Å². The van der Waals surface area contributed by atoms with E-state index in [-0.39, 0.29) is 0 Å². The molecule has 7 heteroatoms. The SMILES string of the molecule is CC(C)[C@H]1CC2CN(Cc3ccc(C(F)(F)F)cn3)C[C@H]3CCC(=O)N1[C@@H]23. The Kier molecular flexibility index (Phi) is 4.69. The molecule has 0 spiro atoms. The number of alkyl halides is 3. The third-order valence-corrected chi connectivity index (χ3v) is 6.50. The van der Waals surface area contributed by atoms with Gasteiger partial charge >= 0.3 is 6.18 Å². The van der Waals surface area contributed by atoms with E-state index in [1.165, 1.54) is 6.07 Å². The summed E-state index contributed by atoms with van der Waals surface area (Å²) in [5.74, 6) is 1.66. The standard InChI is InChI=1S/C20H26F3N3O/c1-12(2)17-7-14-10-25(9-13-3-6-18(27)26(17)19(13)14)11-16-5-4-15(8-24-16)20(21,22)23/h4-5,8,12-14,17,19H,3,6-7,9-11H2,1-2H3/t13-,14?,17-,19-/m1/s1. The van der Waals surface area contributed by atoms with Crippen molar-refractivity contribution >= 4 is 5.91 Å². The number of hydrogen-bond acceptors (Lipinski definition) is 3. The van der Waals surface area contributed by atoms with Crippen LogP contribution in [0.2, 0.25) is 0 Å². The highest BCUT2D eigenvalue weighted by Crippen LogP contribution is 2.45. The molecule has 1 aromatic heterocycles. The average Bonchev–Trinajstić information content (AvgIpc) is 2.99. The van der Waals surface area contributed by atoms with Gasteiger partial charge in [0.05, 0.1) is 11.3 Å². The molecule has 0 saturated carbocycles. The van der Waals surface area contributed by atoms with Gasteiger partial charge in [0.1, 0.15) is 0 Å². The predicted octanol–water partition coefficient (Wildman–Crippen LogP) is 3.57. The molecule has 4 rings (SSSR count). The van der Waals surface area contributed by atoms with Gasteiger partial charge in [-0.3, -0.25) is 14.7 Å². The summed E-state index contributed by atoms with van der Waals surface area (Å²) in [4.78, 5) is 21.0. The number of amides is 1. The molecular formula is C20H26F3N3O. The Bertz CT molecular complexity index is 703. The zero-order valence-corrected chi connectivity index (χ0v) is 15.7. The Labute approximate surface area is 157 Å². The Balaban J connectivity index is 1.48. The number of hydrogen-bond donors (Lipinski definition) is 0. The summed E-state index contributed by atoms with van der Waals surface area (Å²) >= 11 is 0. The number of halogens is 3. The topological polar surface area (TPSA) is 36.4 Å². The summed E-state index contributed by atoms with van der Waals surface area (Å²) in [5, 5.41) is 0. The highest BCUT2D eigenvalue weighted by Gasteiger charge is 2.52. The second kappa shape index (κ2) is 6.76. The second-order valence-corrected chi connectivity index (χ2v) is 8.63. The fraction of sp³-hybridized carbons (Fsp3) is 0.700. The van der Waals surface area contributed by atoms with Gasteiger partial charge in [0, 0.05) is 44.3 Å². The summed E-state index contributed by atoms with van der Waals surface area (Å²) in [5.41, 5.74) is -0.0365. The van der Waals surface area contributed by atoms with Crippen LogP contribution < -0.4 is 0 Å². The Morgan fingerprint density at radius 3 is 2.59 bits per heavy atom. The van der Waals surface area contributed by atoms with Crippen molar-refractivity contribution < 1.29 is 18.0 Å². The summed E-state index contributed by atoms with van der Waals surface area (Å²) in [6.07, 6.45) is -0.867. The van der Waals surface area contributed by atoms with Crippen LogP contribution in [-0.2, 0) is 17.5 Å². The number of carbonyl (C=O) groups is 1. The Morgan fingerprint density at radius 1 is 1.22 bits per heavy atom. The third-order valence-electron chi connectivity index (χ3n) is 6.50. The van der Waals surface area contributed by atoms with Crippen molar-refractivity contribution in [3.8, 4) is 0 Å². The molecular weight excluding hydrogens is 355 g/mol. The van der Waals surface area contributed by atoms with Crippen LogP contribution in [0.5, 0.6) is 0 Å². The molecule has 4 atom stereocenters. The monoisotopic (exact) mass is 381 g/mol. The minimum Gasteiger partial charge on any atom is -0.336 e. The minimum atomic E-state index is -4.35. The van der Waals surface area contributed by atoms with Crippen LogP contribution in [-0.4, -0.2) is 45.9 Å². The maximum absolute atomic E-state index is 12.7. The van der Waals surface area contributed by atoms with Gasteiger partial charge in [0.2, 0.25) is 5.91 Å². The molecule has 1 amide bonds. The third kappa shape index (κ3) is 3.46. The van der Waals surface area contributed by atoms with E-state index in [9.17, 15) is 18.0 Å². The van der Waals surface area contributed by atoms with E-state index >= 15 is 0 Å². The molecule has 4 nitrogen and oxygen atoms in total. The molecule has 0 aliphatic carbocycles. The number of likely N-dealkylation sites (tertiary alicyclic amines) is 1. The van der Waals surface area contributed by atoms with Gasteiger partial charge < -0.3 is 4.90 Å². The molecule has 0 N–H and O–H groups in total. The quantitative estimate of drug-likeness (QED) is 0.803. The first-order chi connectivity index (χ1) is 12.7. The van der Waals surface area contributed by atoms with Gasteiger partial charge in [0.25, 0.3) is 0 Å². The van der Waals surface area contributed by atoms with Crippen LogP contribution in [0.15, 0.2) is 18.3 Å². The lowest BCUT2D eigenvalue weighted by Gasteiger charge is -2.47. The first-order valence-corrected chi connectivity index (χ1v) is 9.79. The van der Waals surface area contributed by atoms with Crippen molar-refractivity contribution in [2.75, 3.05) is 13.1 Å². The van der Waals surface area contributed by atoms with Crippen LogP contribution >= 0.6 is 0 Å². The number of carbonyl (C=O) groups excluding carboxylic acids is 1. The lowest BCUT2D eigenvalue weighted by atomic mass is 9.79. The van der Waals surface area contributed by atoms with Crippen LogP contribution in [0.3, 0.4) is 0 Å². The summed E-state index contributed by atoms with van der Waals surface area (Å²) < 4.78 is 38.1. The highest BCUT2D eigenvalue weighted by molar-refractivity contribution is 5.78. The summed E-state index contributed by atoms with van der Waals surface area (Å²) in [7, 11) is 0. The van der Waals surface area contributed by atoms with Crippen molar-refractivity contribution in [1.29, 1.82) is 0 Å². The molecule has 27 heavy (non-hydrogen) atoms. The van der Waals surface area contributed by atoms with E-state index in [4.69, 9.17) is 0 Å². The molecule has 4 heterocycles. The van der Waals surface area contributed by atoms with E-state index in [1.807, 2.05) is 0 Å².